The van der Waals surface area contributed by atoms with Gasteiger partial charge in [-0.15, -0.1) is 0 Å². The first-order valence-corrected chi connectivity index (χ1v) is 7.05. The van der Waals surface area contributed by atoms with E-state index in [0.717, 1.165) is 39.7 Å². The molecule has 0 amide bonds. The number of halogens is 2. The van der Waals surface area contributed by atoms with Gasteiger partial charge in [0.05, 0.1) is 6.61 Å². The molecule has 0 radical (unpaired) electrons. The van der Waals surface area contributed by atoms with E-state index >= 15 is 0 Å². The second kappa shape index (κ2) is 6.00. The molecule has 5 heteroatoms. The van der Waals surface area contributed by atoms with Gasteiger partial charge in [0.25, 0.3) is 0 Å². The molecule has 1 unspecified atom stereocenters. The van der Waals surface area contributed by atoms with Gasteiger partial charge in [-0.1, -0.05) is 31.9 Å². The molecule has 1 aliphatic heterocycles. The smallest absolute Gasteiger partial charge is 0.115 e. The summed E-state index contributed by atoms with van der Waals surface area (Å²) in [6, 6.07) is 5.90. The molecule has 0 fully saturated rings. The van der Waals surface area contributed by atoms with Crippen molar-refractivity contribution in [1.29, 1.82) is 0 Å². The van der Waals surface area contributed by atoms with Gasteiger partial charge in [0.15, 0.2) is 0 Å². The fourth-order valence-corrected chi connectivity index (χ4v) is 2.69. The molecule has 2 rings (SSSR count). The van der Waals surface area contributed by atoms with E-state index < -0.39 is 0 Å². The van der Waals surface area contributed by atoms with Gasteiger partial charge in [-0.3, -0.25) is 5.84 Å². The number of allylic oxidation sites excluding steroid dienone is 1. The molecule has 0 aliphatic carbocycles. The maximum atomic E-state index is 5.66. The summed E-state index contributed by atoms with van der Waals surface area (Å²) in [4.78, 5) is 0. The summed E-state index contributed by atoms with van der Waals surface area (Å²) in [6.45, 7) is 0.760. The van der Waals surface area contributed by atoms with E-state index in [1.165, 1.54) is 0 Å². The minimum absolute atomic E-state index is 0.109. The van der Waals surface area contributed by atoms with Crippen molar-refractivity contribution in [2.24, 2.45) is 5.84 Å². The van der Waals surface area contributed by atoms with Crippen molar-refractivity contribution < 1.29 is 4.74 Å². The van der Waals surface area contributed by atoms with Crippen LogP contribution in [0, 0.1) is 0 Å². The summed E-state index contributed by atoms with van der Waals surface area (Å²) in [6.07, 6.45) is 4.21. The Morgan fingerprint density at radius 1 is 1.35 bits per heavy atom. The summed E-state index contributed by atoms with van der Waals surface area (Å²) in [5.74, 6) is 6.55. The first-order chi connectivity index (χ1) is 8.22. The Labute approximate surface area is 118 Å². The van der Waals surface area contributed by atoms with Gasteiger partial charge in [-0.05, 0) is 42.7 Å². The van der Waals surface area contributed by atoms with Crippen molar-refractivity contribution in [3.63, 3.8) is 0 Å². The van der Waals surface area contributed by atoms with Crippen LogP contribution in [0.15, 0.2) is 39.0 Å². The lowest BCUT2D eigenvalue weighted by atomic mass is 10.0. The molecule has 3 N–H and O–H groups in total. The van der Waals surface area contributed by atoms with Crippen LogP contribution in [0.2, 0.25) is 0 Å². The third kappa shape index (κ3) is 3.10. The number of hydrogen-bond acceptors (Lipinski definition) is 3. The molecule has 0 saturated carbocycles. The predicted molar refractivity (Wildman–Crippen MR) is 75.2 cm³/mol. The Morgan fingerprint density at radius 3 is 2.82 bits per heavy atom. The molecular formula is C12H14Br2N2O. The average molecular weight is 362 g/mol. The standard InChI is InChI=1S/C12H14Br2N2O/c13-8-4-5-10(14)9(7-8)12(16-15)11-3-1-2-6-17-11/h3-5,7,12,16H,1-2,6,15H2. The number of hydrazine groups is 1. The Morgan fingerprint density at radius 2 is 2.18 bits per heavy atom. The predicted octanol–water partition coefficient (Wildman–Crippen LogP) is 3.41. The first kappa shape index (κ1) is 13.1. The van der Waals surface area contributed by atoms with Gasteiger partial charge < -0.3 is 4.74 Å². The quantitative estimate of drug-likeness (QED) is 0.640. The van der Waals surface area contributed by atoms with Gasteiger partial charge in [-0.25, -0.2) is 5.43 Å². The zero-order valence-corrected chi connectivity index (χ0v) is 12.4. The van der Waals surface area contributed by atoms with E-state index in [4.69, 9.17) is 10.6 Å². The lowest BCUT2D eigenvalue weighted by molar-refractivity contribution is 0.167. The maximum Gasteiger partial charge on any atom is 0.115 e. The van der Waals surface area contributed by atoms with Crippen molar-refractivity contribution in [1.82, 2.24) is 5.43 Å². The van der Waals surface area contributed by atoms with Crippen molar-refractivity contribution in [2.45, 2.75) is 18.9 Å². The van der Waals surface area contributed by atoms with Crippen molar-refractivity contribution >= 4 is 31.9 Å². The number of rotatable bonds is 3. The zero-order chi connectivity index (χ0) is 12.3. The number of hydrogen-bond donors (Lipinski definition) is 2. The van der Waals surface area contributed by atoms with Crippen LogP contribution >= 0.6 is 31.9 Å². The Balaban J connectivity index is 2.34. The van der Waals surface area contributed by atoms with Crippen LogP contribution in [0.1, 0.15) is 24.4 Å². The molecule has 0 spiro atoms. The lowest BCUT2D eigenvalue weighted by Crippen LogP contribution is -2.31. The third-order valence-electron chi connectivity index (χ3n) is 2.68. The van der Waals surface area contributed by atoms with E-state index in [1.54, 1.807) is 0 Å². The third-order valence-corrected chi connectivity index (χ3v) is 3.90. The van der Waals surface area contributed by atoms with E-state index in [2.05, 4.69) is 43.4 Å². The monoisotopic (exact) mass is 360 g/mol. The number of nitrogens with one attached hydrogen (secondary N) is 1. The normalized spacial score (nSPS) is 17.2. The van der Waals surface area contributed by atoms with E-state index in [-0.39, 0.29) is 6.04 Å². The summed E-state index contributed by atoms with van der Waals surface area (Å²) in [5.41, 5.74) is 3.88. The van der Waals surface area contributed by atoms with Crippen LogP contribution in [-0.4, -0.2) is 6.61 Å². The van der Waals surface area contributed by atoms with Crippen molar-refractivity contribution in [2.75, 3.05) is 6.61 Å². The van der Waals surface area contributed by atoms with Gasteiger partial charge >= 0.3 is 0 Å². The number of nitrogens with two attached hydrogens (primary N) is 1. The van der Waals surface area contributed by atoms with Gasteiger partial charge in [0.2, 0.25) is 0 Å². The van der Waals surface area contributed by atoms with Crippen molar-refractivity contribution in [3.8, 4) is 0 Å². The van der Waals surface area contributed by atoms with Crippen LogP contribution in [0.3, 0.4) is 0 Å². The Hall–Kier alpha value is -0.360. The number of ether oxygens (including phenoxy) is 1. The summed E-state index contributed by atoms with van der Waals surface area (Å²) in [7, 11) is 0. The molecule has 0 saturated heterocycles. The largest absolute Gasteiger partial charge is 0.496 e. The van der Waals surface area contributed by atoms with Crippen LogP contribution in [0.25, 0.3) is 0 Å². The highest BCUT2D eigenvalue weighted by molar-refractivity contribution is 9.11. The molecule has 92 valence electrons. The maximum absolute atomic E-state index is 5.66. The van der Waals surface area contributed by atoms with Gasteiger partial charge in [0, 0.05) is 8.95 Å². The summed E-state index contributed by atoms with van der Waals surface area (Å²) >= 11 is 7.01. The molecule has 0 aromatic heterocycles. The van der Waals surface area contributed by atoms with Crippen LogP contribution in [0.5, 0.6) is 0 Å². The molecule has 1 heterocycles. The fraction of sp³-hybridized carbons (Fsp3) is 0.333. The average Bonchev–Trinajstić information content (AvgIpc) is 2.36. The SMILES string of the molecule is NNC(C1=CCCCO1)c1cc(Br)ccc1Br. The van der Waals surface area contributed by atoms with Crippen LogP contribution < -0.4 is 11.3 Å². The van der Waals surface area contributed by atoms with E-state index in [9.17, 15) is 0 Å². The summed E-state index contributed by atoms with van der Waals surface area (Å²) in [5, 5.41) is 0. The fourth-order valence-electron chi connectivity index (χ4n) is 1.84. The Bertz CT molecular complexity index is 435. The Kier molecular flexibility index (Phi) is 4.62. The molecule has 3 nitrogen and oxygen atoms in total. The molecular weight excluding hydrogens is 348 g/mol. The van der Waals surface area contributed by atoms with Gasteiger partial charge in [-0.2, -0.15) is 0 Å². The highest BCUT2D eigenvalue weighted by Crippen LogP contribution is 2.32. The molecule has 1 atom stereocenters. The minimum atomic E-state index is -0.109. The van der Waals surface area contributed by atoms with Gasteiger partial charge in [0.1, 0.15) is 11.8 Å². The molecule has 1 aliphatic rings. The second-order valence-electron chi connectivity index (χ2n) is 3.86. The topological polar surface area (TPSA) is 47.3 Å². The molecule has 1 aromatic rings. The van der Waals surface area contributed by atoms with Crippen LogP contribution in [-0.2, 0) is 4.74 Å². The highest BCUT2D eigenvalue weighted by atomic mass is 79.9. The molecule has 0 bridgehead atoms. The molecule has 1 aromatic carbocycles. The zero-order valence-electron chi connectivity index (χ0n) is 9.25. The highest BCUT2D eigenvalue weighted by Gasteiger charge is 2.21. The van der Waals surface area contributed by atoms with E-state index in [0.29, 0.717) is 0 Å². The second-order valence-corrected chi connectivity index (χ2v) is 5.63. The van der Waals surface area contributed by atoms with Crippen LogP contribution in [0.4, 0.5) is 0 Å². The molecule has 17 heavy (non-hydrogen) atoms. The van der Waals surface area contributed by atoms with E-state index in [1.807, 2.05) is 18.2 Å². The van der Waals surface area contributed by atoms with Crippen molar-refractivity contribution in [3.05, 3.63) is 44.5 Å². The number of benzene rings is 1. The first-order valence-electron chi connectivity index (χ1n) is 5.46. The lowest BCUT2D eigenvalue weighted by Gasteiger charge is -2.24. The summed E-state index contributed by atoms with van der Waals surface area (Å²) < 4.78 is 7.70. The minimum Gasteiger partial charge on any atom is -0.496 e.